The largest absolute Gasteiger partial charge is 0.394 e. The SMILES string of the molecule is CCC(CO)(CO)Nc1cnnc2ccccc12. The van der Waals surface area contributed by atoms with Gasteiger partial charge in [-0.15, -0.1) is 0 Å². The fourth-order valence-corrected chi connectivity index (χ4v) is 1.83. The summed E-state index contributed by atoms with van der Waals surface area (Å²) < 4.78 is 0. The molecular formula is C13H17N3O2. The van der Waals surface area contributed by atoms with Crippen LogP contribution in [-0.2, 0) is 0 Å². The van der Waals surface area contributed by atoms with Crippen molar-refractivity contribution in [3.63, 3.8) is 0 Å². The highest BCUT2D eigenvalue weighted by atomic mass is 16.3. The molecule has 0 bridgehead atoms. The van der Waals surface area contributed by atoms with Gasteiger partial charge in [0.25, 0.3) is 0 Å². The smallest absolute Gasteiger partial charge is 0.0950 e. The molecule has 0 atom stereocenters. The lowest BCUT2D eigenvalue weighted by Gasteiger charge is -2.31. The van der Waals surface area contributed by atoms with E-state index < -0.39 is 5.54 Å². The molecular weight excluding hydrogens is 230 g/mol. The first-order valence-corrected chi connectivity index (χ1v) is 5.95. The first-order valence-electron chi connectivity index (χ1n) is 5.95. The Bertz CT molecular complexity index is 513. The average Bonchev–Trinajstić information content (AvgIpc) is 2.45. The Labute approximate surface area is 105 Å². The number of fused-ring (bicyclic) bond motifs is 1. The number of rotatable bonds is 5. The number of benzene rings is 1. The van der Waals surface area contributed by atoms with Crippen LogP contribution in [0.5, 0.6) is 0 Å². The summed E-state index contributed by atoms with van der Waals surface area (Å²) in [7, 11) is 0. The molecule has 0 fully saturated rings. The van der Waals surface area contributed by atoms with Crippen molar-refractivity contribution < 1.29 is 10.2 Å². The molecule has 5 nitrogen and oxygen atoms in total. The average molecular weight is 247 g/mol. The highest BCUT2D eigenvalue weighted by molar-refractivity contribution is 5.90. The van der Waals surface area contributed by atoms with Crippen molar-refractivity contribution in [2.75, 3.05) is 18.5 Å². The number of nitrogens with one attached hydrogen (secondary N) is 1. The van der Waals surface area contributed by atoms with Gasteiger partial charge < -0.3 is 15.5 Å². The summed E-state index contributed by atoms with van der Waals surface area (Å²) >= 11 is 0. The molecule has 18 heavy (non-hydrogen) atoms. The number of hydrogen-bond donors (Lipinski definition) is 3. The van der Waals surface area contributed by atoms with Gasteiger partial charge in [-0.05, 0) is 12.5 Å². The number of aliphatic hydroxyl groups excluding tert-OH is 2. The summed E-state index contributed by atoms with van der Waals surface area (Å²) in [5, 5.41) is 31.0. The Kier molecular flexibility index (Phi) is 3.74. The van der Waals surface area contributed by atoms with Gasteiger partial charge in [0.15, 0.2) is 0 Å². The van der Waals surface area contributed by atoms with E-state index in [1.54, 1.807) is 6.20 Å². The maximum Gasteiger partial charge on any atom is 0.0950 e. The van der Waals surface area contributed by atoms with Crippen molar-refractivity contribution in [2.24, 2.45) is 0 Å². The summed E-state index contributed by atoms with van der Waals surface area (Å²) in [6, 6.07) is 7.62. The Morgan fingerprint density at radius 3 is 2.61 bits per heavy atom. The first-order chi connectivity index (χ1) is 8.74. The van der Waals surface area contributed by atoms with Gasteiger partial charge in [-0.2, -0.15) is 10.2 Å². The highest BCUT2D eigenvalue weighted by Gasteiger charge is 2.26. The van der Waals surface area contributed by atoms with Gasteiger partial charge in [0.1, 0.15) is 0 Å². The van der Waals surface area contributed by atoms with Crippen LogP contribution in [0.4, 0.5) is 5.69 Å². The molecule has 0 saturated heterocycles. The normalized spacial score (nSPS) is 11.7. The van der Waals surface area contributed by atoms with E-state index in [-0.39, 0.29) is 13.2 Å². The van der Waals surface area contributed by atoms with Crippen molar-refractivity contribution in [1.82, 2.24) is 10.2 Å². The fraction of sp³-hybridized carbons (Fsp3) is 0.385. The zero-order chi connectivity index (χ0) is 13.0. The van der Waals surface area contributed by atoms with Gasteiger partial charge in [0.05, 0.1) is 36.2 Å². The first kappa shape index (κ1) is 12.7. The Balaban J connectivity index is 2.42. The van der Waals surface area contributed by atoms with E-state index in [9.17, 15) is 10.2 Å². The number of nitrogens with zero attached hydrogens (tertiary/aromatic N) is 2. The van der Waals surface area contributed by atoms with Crippen LogP contribution in [0.25, 0.3) is 10.9 Å². The van der Waals surface area contributed by atoms with Crippen LogP contribution in [0, 0.1) is 0 Å². The maximum absolute atomic E-state index is 9.45. The van der Waals surface area contributed by atoms with Gasteiger partial charge in [0.2, 0.25) is 0 Å². The minimum atomic E-state index is -0.730. The van der Waals surface area contributed by atoms with Crippen LogP contribution in [0.15, 0.2) is 30.5 Å². The molecule has 0 radical (unpaired) electrons. The molecule has 5 heteroatoms. The lowest BCUT2D eigenvalue weighted by atomic mass is 9.97. The van der Waals surface area contributed by atoms with E-state index in [4.69, 9.17) is 0 Å². The Morgan fingerprint density at radius 1 is 1.22 bits per heavy atom. The summed E-state index contributed by atoms with van der Waals surface area (Å²) in [5.74, 6) is 0. The van der Waals surface area contributed by atoms with E-state index in [0.29, 0.717) is 6.42 Å². The van der Waals surface area contributed by atoms with Crippen molar-refractivity contribution >= 4 is 16.6 Å². The highest BCUT2D eigenvalue weighted by Crippen LogP contribution is 2.24. The predicted molar refractivity (Wildman–Crippen MR) is 70.4 cm³/mol. The van der Waals surface area contributed by atoms with Crippen LogP contribution in [0.2, 0.25) is 0 Å². The molecule has 1 heterocycles. The van der Waals surface area contributed by atoms with Crippen LogP contribution in [0.3, 0.4) is 0 Å². The number of anilines is 1. The number of aromatic nitrogens is 2. The van der Waals surface area contributed by atoms with Gasteiger partial charge in [-0.3, -0.25) is 0 Å². The molecule has 3 N–H and O–H groups in total. The van der Waals surface area contributed by atoms with Crippen molar-refractivity contribution in [3.8, 4) is 0 Å². The maximum atomic E-state index is 9.45. The fourth-order valence-electron chi connectivity index (χ4n) is 1.83. The zero-order valence-corrected chi connectivity index (χ0v) is 10.3. The van der Waals surface area contributed by atoms with Crippen molar-refractivity contribution in [1.29, 1.82) is 0 Å². The van der Waals surface area contributed by atoms with Crippen molar-refractivity contribution in [2.45, 2.75) is 18.9 Å². The third-order valence-corrected chi connectivity index (χ3v) is 3.23. The molecule has 0 aliphatic rings. The van der Waals surface area contributed by atoms with Gasteiger partial charge in [-0.25, -0.2) is 0 Å². The minimum absolute atomic E-state index is 0.142. The molecule has 1 aromatic heterocycles. The van der Waals surface area contributed by atoms with Crippen LogP contribution in [-0.4, -0.2) is 39.2 Å². The molecule has 2 rings (SSSR count). The standard InChI is InChI=1S/C13H17N3O2/c1-2-13(8-17,9-18)15-12-7-14-16-11-6-4-3-5-10(11)12/h3-7,17-18H,2,8-9H2,1H3,(H,15,16). The Hall–Kier alpha value is -1.72. The molecule has 0 saturated carbocycles. The van der Waals surface area contributed by atoms with Crippen LogP contribution in [0.1, 0.15) is 13.3 Å². The Morgan fingerprint density at radius 2 is 1.94 bits per heavy atom. The predicted octanol–water partition coefficient (Wildman–Crippen LogP) is 1.18. The van der Waals surface area contributed by atoms with Gasteiger partial charge in [0, 0.05) is 5.39 Å². The van der Waals surface area contributed by atoms with E-state index in [1.165, 1.54) is 0 Å². The minimum Gasteiger partial charge on any atom is -0.394 e. The third kappa shape index (κ3) is 2.27. The molecule has 0 aliphatic heterocycles. The molecule has 96 valence electrons. The van der Waals surface area contributed by atoms with Crippen LogP contribution < -0.4 is 5.32 Å². The topological polar surface area (TPSA) is 78.3 Å². The second kappa shape index (κ2) is 5.29. The lowest BCUT2D eigenvalue weighted by Crippen LogP contribution is -2.45. The van der Waals surface area contributed by atoms with E-state index >= 15 is 0 Å². The summed E-state index contributed by atoms with van der Waals surface area (Å²) in [5.41, 5.74) is 0.820. The van der Waals surface area contributed by atoms with E-state index in [0.717, 1.165) is 16.6 Å². The van der Waals surface area contributed by atoms with E-state index in [1.807, 2.05) is 31.2 Å². The molecule has 0 aliphatic carbocycles. The monoisotopic (exact) mass is 247 g/mol. The second-order valence-corrected chi connectivity index (χ2v) is 4.35. The number of hydrogen-bond acceptors (Lipinski definition) is 5. The third-order valence-electron chi connectivity index (χ3n) is 3.23. The summed E-state index contributed by atoms with van der Waals surface area (Å²) in [6.07, 6.45) is 2.22. The van der Waals surface area contributed by atoms with E-state index in [2.05, 4.69) is 15.5 Å². The molecule has 2 aromatic rings. The molecule has 1 aromatic carbocycles. The van der Waals surface area contributed by atoms with Gasteiger partial charge in [-0.1, -0.05) is 25.1 Å². The summed E-state index contributed by atoms with van der Waals surface area (Å²) in [4.78, 5) is 0. The quantitative estimate of drug-likeness (QED) is 0.739. The molecule has 0 unspecified atom stereocenters. The molecule has 0 spiro atoms. The lowest BCUT2D eigenvalue weighted by molar-refractivity contribution is 0.132. The second-order valence-electron chi connectivity index (χ2n) is 4.35. The van der Waals surface area contributed by atoms with Gasteiger partial charge >= 0.3 is 0 Å². The zero-order valence-electron chi connectivity index (χ0n) is 10.3. The summed E-state index contributed by atoms with van der Waals surface area (Å²) in [6.45, 7) is 1.63. The number of aliphatic hydroxyl groups is 2. The van der Waals surface area contributed by atoms with Crippen molar-refractivity contribution in [3.05, 3.63) is 30.5 Å². The molecule has 0 amide bonds. The van der Waals surface area contributed by atoms with Crippen LogP contribution >= 0.6 is 0 Å².